The van der Waals surface area contributed by atoms with Crippen molar-refractivity contribution >= 4 is 0 Å². The molecule has 0 aromatic rings. The summed E-state index contributed by atoms with van der Waals surface area (Å²) in [6, 6.07) is 1.59. The van der Waals surface area contributed by atoms with Gasteiger partial charge in [-0.15, -0.1) is 0 Å². The monoisotopic (exact) mass is 224 g/mol. The molecule has 0 amide bonds. The van der Waals surface area contributed by atoms with Gasteiger partial charge in [-0.05, 0) is 57.5 Å². The van der Waals surface area contributed by atoms with Crippen molar-refractivity contribution in [3.8, 4) is 0 Å². The minimum atomic E-state index is 0.787. The van der Waals surface area contributed by atoms with Crippen molar-refractivity contribution in [1.82, 2.24) is 10.2 Å². The van der Waals surface area contributed by atoms with Crippen LogP contribution >= 0.6 is 0 Å². The summed E-state index contributed by atoms with van der Waals surface area (Å²) >= 11 is 0. The summed E-state index contributed by atoms with van der Waals surface area (Å²) in [5.41, 5.74) is 0. The fourth-order valence-electron chi connectivity index (χ4n) is 3.07. The number of hydrogen-bond acceptors (Lipinski definition) is 2. The molecule has 0 aromatic heterocycles. The van der Waals surface area contributed by atoms with Gasteiger partial charge in [0.15, 0.2) is 0 Å². The summed E-state index contributed by atoms with van der Waals surface area (Å²) < 4.78 is 0. The molecule has 2 fully saturated rings. The Kier molecular flexibility index (Phi) is 4.66. The van der Waals surface area contributed by atoms with Crippen molar-refractivity contribution in [2.75, 3.05) is 19.6 Å². The van der Waals surface area contributed by atoms with Gasteiger partial charge in [-0.25, -0.2) is 0 Å². The standard InChI is InChI=1S/C14H28N2/c1-3-13(16-9-5-6-10-16)11-15-14(4-2)12-7-8-12/h12-15H,3-11H2,1-2H3. The van der Waals surface area contributed by atoms with Gasteiger partial charge in [0, 0.05) is 18.6 Å². The largest absolute Gasteiger partial charge is 0.312 e. The van der Waals surface area contributed by atoms with Gasteiger partial charge in [0.05, 0.1) is 0 Å². The average molecular weight is 224 g/mol. The molecule has 1 saturated heterocycles. The van der Waals surface area contributed by atoms with Crippen LogP contribution in [-0.2, 0) is 0 Å². The van der Waals surface area contributed by atoms with E-state index in [4.69, 9.17) is 0 Å². The zero-order chi connectivity index (χ0) is 11.4. The molecule has 1 N–H and O–H groups in total. The van der Waals surface area contributed by atoms with Crippen LogP contribution in [0.5, 0.6) is 0 Å². The van der Waals surface area contributed by atoms with E-state index in [9.17, 15) is 0 Å². The lowest BCUT2D eigenvalue weighted by Gasteiger charge is -2.28. The second kappa shape index (κ2) is 6.02. The van der Waals surface area contributed by atoms with Crippen LogP contribution in [0.2, 0.25) is 0 Å². The van der Waals surface area contributed by atoms with E-state index in [-0.39, 0.29) is 0 Å². The molecule has 1 aliphatic carbocycles. The Hall–Kier alpha value is -0.0800. The Labute approximate surface area is 101 Å². The summed E-state index contributed by atoms with van der Waals surface area (Å²) in [4.78, 5) is 2.69. The lowest BCUT2D eigenvalue weighted by molar-refractivity contribution is 0.220. The lowest BCUT2D eigenvalue weighted by atomic mass is 10.1. The molecular formula is C14H28N2. The second-order valence-electron chi connectivity index (χ2n) is 5.57. The van der Waals surface area contributed by atoms with Gasteiger partial charge in [0.25, 0.3) is 0 Å². The second-order valence-corrected chi connectivity index (χ2v) is 5.57. The third-order valence-corrected chi connectivity index (χ3v) is 4.37. The van der Waals surface area contributed by atoms with Gasteiger partial charge in [0.2, 0.25) is 0 Å². The zero-order valence-electron chi connectivity index (χ0n) is 11.0. The Bertz CT molecular complexity index is 195. The molecule has 0 aromatic carbocycles. The Morgan fingerprint density at radius 3 is 2.31 bits per heavy atom. The van der Waals surface area contributed by atoms with Crippen LogP contribution in [0.4, 0.5) is 0 Å². The van der Waals surface area contributed by atoms with Gasteiger partial charge in [0.1, 0.15) is 0 Å². The first-order chi connectivity index (χ1) is 7.85. The van der Waals surface area contributed by atoms with E-state index >= 15 is 0 Å². The van der Waals surface area contributed by atoms with Crippen LogP contribution in [0.1, 0.15) is 52.4 Å². The minimum Gasteiger partial charge on any atom is -0.312 e. The molecule has 1 aliphatic heterocycles. The van der Waals surface area contributed by atoms with E-state index in [1.54, 1.807) is 0 Å². The van der Waals surface area contributed by atoms with Gasteiger partial charge in [-0.2, -0.15) is 0 Å². The fraction of sp³-hybridized carbons (Fsp3) is 1.00. The summed E-state index contributed by atoms with van der Waals surface area (Å²) in [5.74, 6) is 1.00. The van der Waals surface area contributed by atoms with E-state index in [2.05, 4.69) is 24.1 Å². The molecule has 1 heterocycles. The van der Waals surface area contributed by atoms with E-state index in [0.29, 0.717) is 0 Å². The molecule has 0 spiro atoms. The van der Waals surface area contributed by atoms with E-state index in [0.717, 1.165) is 18.0 Å². The smallest absolute Gasteiger partial charge is 0.0218 e. The molecule has 2 heteroatoms. The van der Waals surface area contributed by atoms with Crippen molar-refractivity contribution in [2.45, 2.75) is 64.5 Å². The van der Waals surface area contributed by atoms with Crippen molar-refractivity contribution in [3.05, 3.63) is 0 Å². The summed E-state index contributed by atoms with van der Waals surface area (Å²) in [6.07, 6.45) is 8.36. The van der Waals surface area contributed by atoms with Gasteiger partial charge >= 0.3 is 0 Å². The van der Waals surface area contributed by atoms with E-state index < -0.39 is 0 Å². The highest BCUT2D eigenvalue weighted by Gasteiger charge is 2.30. The number of hydrogen-bond donors (Lipinski definition) is 1. The maximum absolute atomic E-state index is 3.82. The molecule has 94 valence electrons. The van der Waals surface area contributed by atoms with Crippen molar-refractivity contribution in [2.24, 2.45) is 5.92 Å². The van der Waals surface area contributed by atoms with Crippen LogP contribution in [0.3, 0.4) is 0 Å². The summed E-state index contributed by atoms with van der Waals surface area (Å²) in [7, 11) is 0. The van der Waals surface area contributed by atoms with Gasteiger partial charge in [-0.1, -0.05) is 13.8 Å². The maximum Gasteiger partial charge on any atom is 0.0218 e. The molecule has 0 radical (unpaired) electrons. The summed E-state index contributed by atoms with van der Waals surface area (Å²) in [6.45, 7) is 8.54. The van der Waals surface area contributed by atoms with Crippen LogP contribution in [-0.4, -0.2) is 36.6 Å². The van der Waals surface area contributed by atoms with Gasteiger partial charge in [-0.3, -0.25) is 4.90 Å². The van der Waals surface area contributed by atoms with Crippen molar-refractivity contribution in [3.63, 3.8) is 0 Å². The van der Waals surface area contributed by atoms with Crippen LogP contribution in [0.15, 0.2) is 0 Å². The van der Waals surface area contributed by atoms with Crippen LogP contribution in [0, 0.1) is 5.92 Å². The normalized spacial score (nSPS) is 25.9. The third kappa shape index (κ3) is 3.21. The van der Waals surface area contributed by atoms with Gasteiger partial charge < -0.3 is 5.32 Å². The number of nitrogens with one attached hydrogen (secondary N) is 1. The molecule has 2 rings (SSSR count). The number of rotatable bonds is 7. The quantitative estimate of drug-likeness (QED) is 0.715. The van der Waals surface area contributed by atoms with E-state index in [1.165, 1.54) is 58.2 Å². The van der Waals surface area contributed by atoms with Crippen molar-refractivity contribution in [1.29, 1.82) is 0 Å². The van der Waals surface area contributed by atoms with Crippen LogP contribution < -0.4 is 5.32 Å². The minimum absolute atomic E-state index is 0.787. The molecule has 0 bridgehead atoms. The van der Waals surface area contributed by atoms with Crippen LogP contribution in [0.25, 0.3) is 0 Å². The predicted molar refractivity (Wildman–Crippen MR) is 69.7 cm³/mol. The molecular weight excluding hydrogens is 196 g/mol. The Morgan fingerprint density at radius 1 is 1.12 bits per heavy atom. The Morgan fingerprint density at radius 2 is 1.81 bits per heavy atom. The summed E-state index contributed by atoms with van der Waals surface area (Å²) in [5, 5.41) is 3.82. The van der Waals surface area contributed by atoms with E-state index in [1.807, 2.05) is 0 Å². The van der Waals surface area contributed by atoms with Crippen molar-refractivity contribution < 1.29 is 0 Å². The molecule has 1 saturated carbocycles. The molecule has 16 heavy (non-hydrogen) atoms. The zero-order valence-corrected chi connectivity index (χ0v) is 11.0. The fourth-order valence-corrected chi connectivity index (χ4v) is 3.07. The Balaban J connectivity index is 1.72. The third-order valence-electron chi connectivity index (χ3n) is 4.37. The predicted octanol–water partition coefficient (Wildman–Crippen LogP) is 2.64. The number of nitrogens with zero attached hydrogens (tertiary/aromatic N) is 1. The average Bonchev–Trinajstić information content (AvgIpc) is 3.00. The first-order valence-electron chi connectivity index (χ1n) is 7.32. The lowest BCUT2D eigenvalue weighted by Crippen LogP contribution is -2.44. The number of likely N-dealkylation sites (tertiary alicyclic amines) is 1. The topological polar surface area (TPSA) is 15.3 Å². The first-order valence-corrected chi connectivity index (χ1v) is 7.32. The highest BCUT2D eigenvalue weighted by molar-refractivity contribution is 4.87. The SMILES string of the molecule is CCC(NCC(CC)N1CCCC1)C1CC1. The first kappa shape index (κ1) is 12.4. The molecule has 2 aliphatic rings. The molecule has 2 atom stereocenters. The maximum atomic E-state index is 3.82. The highest BCUT2D eigenvalue weighted by atomic mass is 15.2. The highest BCUT2D eigenvalue weighted by Crippen LogP contribution is 2.33. The molecule has 2 unspecified atom stereocenters. The molecule has 2 nitrogen and oxygen atoms in total.